The van der Waals surface area contributed by atoms with Crippen molar-refractivity contribution in [3.8, 4) is 10.7 Å². The Morgan fingerprint density at radius 1 is 1.04 bits per heavy atom. The zero-order valence-corrected chi connectivity index (χ0v) is 15.1. The van der Waals surface area contributed by atoms with Crippen molar-refractivity contribution in [1.82, 2.24) is 19.2 Å². The average molecular weight is 357 g/mol. The topological polar surface area (TPSA) is 26.0 Å². The van der Waals surface area contributed by atoms with Crippen LogP contribution in [0.4, 0.5) is 0 Å². The number of aromatic nitrogens is 3. The maximum Gasteiger partial charge on any atom is 0.199 e. The quantitative estimate of drug-likeness (QED) is 0.640. The van der Waals surface area contributed by atoms with Gasteiger partial charge in [0, 0.05) is 0 Å². The van der Waals surface area contributed by atoms with Crippen LogP contribution >= 0.6 is 23.6 Å². The maximum atomic E-state index is 5.76. The van der Waals surface area contributed by atoms with E-state index in [1.807, 2.05) is 10.7 Å². The fraction of sp³-hybridized carbons (Fsp3) is 0.333. The smallest absolute Gasteiger partial charge is 0.199 e. The summed E-state index contributed by atoms with van der Waals surface area (Å²) in [5.41, 5.74) is 1.24. The molecule has 6 heteroatoms. The van der Waals surface area contributed by atoms with Crippen LogP contribution in [0.25, 0.3) is 10.7 Å². The molecule has 0 radical (unpaired) electrons. The van der Waals surface area contributed by atoms with E-state index in [0.29, 0.717) is 0 Å². The zero-order chi connectivity index (χ0) is 16.4. The number of benzene rings is 1. The third kappa shape index (κ3) is 3.22. The van der Waals surface area contributed by atoms with Crippen LogP contribution in [0, 0.1) is 4.77 Å². The van der Waals surface area contributed by atoms with E-state index in [9.17, 15) is 0 Å². The van der Waals surface area contributed by atoms with Crippen LogP contribution in [0.5, 0.6) is 0 Å². The molecule has 0 unspecified atom stereocenters. The maximum absolute atomic E-state index is 5.76. The summed E-state index contributed by atoms with van der Waals surface area (Å²) in [6.07, 6.45) is 2.55. The van der Waals surface area contributed by atoms with Gasteiger partial charge in [-0.3, -0.25) is 9.47 Å². The van der Waals surface area contributed by atoms with Crippen LogP contribution in [0.1, 0.15) is 18.4 Å². The number of likely N-dealkylation sites (tertiary alicyclic amines) is 1. The number of nitrogens with zero attached hydrogens (tertiary/aromatic N) is 4. The molecular formula is C18H20N4S2. The van der Waals surface area contributed by atoms with Crippen molar-refractivity contribution in [2.45, 2.75) is 26.1 Å². The van der Waals surface area contributed by atoms with Gasteiger partial charge in [0.2, 0.25) is 0 Å². The molecule has 1 saturated heterocycles. The van der Waals surface area contributed by atoms with Gasteiger partial charge in [-0.05, 0) is 55.2 Å². The van der Waals surface area contributed by atoms with Gasteiger partial charge in [-0.1, -0.05) is 36.4 Å². The van der Waals surface area contributed by atoms with E-state index in [0.717, 1.165) is 41.8 Å². The van der Waals surface area contributed by atoms with Crippen molar-refractivity contribution in [1.29, 1.82) is 0 Å². The summed E-state index contributed by atoms with van der Waals surface area (Å²) in [5.74, 6) is 0.970. The fourth-order valence-corrected chi connectivity index (χ4v) is 4.11. The van der Waals surface area contributed by atoms with Gasteiger partial charge in [0.1, 0.15) is 0 Å². The standard InChI is InChI=1S/C18H20N4S2/c23-18-21(13-15-7-2-1-3-8-15)17(16-9-6-12-24-16)19-22(18)14-20-10-4-5-11-20/h1-3,6-9,12H,4-5,10-11,13-14H2. The highest BCUT2D eigenvalue weighted by atomic mass is 32.1. The molecule has 0 atom stereocenters. The van der Waals surface area contributed by atoms with Crippen LogP contribution in [-0.4, -0.2) is 32.3 Å². The van der Waals surface area contributed by atoms with Gasteiger partial charge in [0.05, 0.1) is 18.1 Å². The first kappa shape index (κ1) is 15.7. The van der Waals surface area contributed by atoms with Gasteiger partial charge in [-0.25, -0.2) is 4.68 Å². The van der Waals surface area contributed by atoms with E-state index >= 15 is 0 Å². The first-order chi connectivity index (χ1) is 11.8. The van der Waals surface area contributed by atoms with E-state index in [2.05, 4.69) is 51.2 Å². The Balaban J connectivity index is 1.72. The number of hydrogen-bond acceptors (Lipinski definition) is 4. The lowest BCUT2D eigenvalue weighted by molar-refractivity contribution is 0.253. The van der Waals surface area contributed by atoms with Gasteiger partial charge in [0.15, 0.2) is 10.6 Å². The lowest BCUT2D eigenvalue weighted by Crippen LogP contribution is -2.23. The van der Waals surface area contributed by atoms with E-state index in [4.69, 9.17) is 17.3 Å². The van der Waals surface area contributed by atoms with Crippen LogP contribution in [0.15, 0.2) is 47.8 Å². The molecule has 1 fully saturated rings. The molecule has 0 amide bonds. The van der Waals surface area contributed by atoms with Crippen LogP contribution < -0.4 is 0 Å². The zero-order valence-electron chi connectivity index (χ0n) is 13.5. The predicted molar refractivity (Wildman–Crippen MR) is 101 cm³/mol. The van der Waals surface area contributed by atoms with Gasteiger partial charge < -0.3 is 0 Å². The lowest BCUT2D eigenvalue weighted by atomic mass is 10.2. The van der Waals surface area contributed by atoms with Crippen LogP contribution in [-0.2, 0) is 13.2 Å². The number of hydrogen-bond donors (Lipinski definition) is 0. The van der Waals surface area contributed by atoms with Gasteiger partial charge >= 0.3 is 0 Å². The molecule has 3 heterocycles. The van der Waals surface area contributed by atoms with Crippen LogP contribution in [0.2, 0.25) is 0 Å². The molecular weight excluding hydrogens is 336 g/mol. The molecule has 1 aliphatic heterocycles. The molecule has 0 N–H and O–H groups in total. The van der Waals surface area contributed by atoms with Crippen molar-refractivity contribution in [3.63, 3.8) is 0 Å². The minimum absolute atomic E-state index is 0.757. The Morgan fingerprint density at radius 3 is 2.54 bits per heavy atom. The minimum atomic E-state index is 0.757. The van der Waals surface area contributed by atoms with Crippen LogP contribution in [0.3, 0.4) is 0 Å². The molecule has 0 bridgehead atoms. The molecule has 1 aromatic carbocycles. The van der Waals surface area contributed by atoms with E-state index in [1.165, 1.54) is 18.4 Å². The lowest BCUT2D eigenvalue weighted by Gasteiger charge is -2.13. The Bertz CT molecular complexity index is 843. The van der Waals surface area contributed by atoms with Gasteiger partial charge in [-0.2, -0.15) is 0 Å². The SMILES string of the molecule is S=c1n(CN2CCCC2)nc(-c2cccs2)n1Cc1ccccc1. The second kappa shape index (κ2) is 7.01. The second-order valence-corrected chi connectivity index (χ2v) is 7.43. The van der Waals surface area contributed by atoms with Gasteiger partial charge in [-0.15, -0.1) is 16.4 Å². The normalized spacial score (nSPS) is 15.2. The Morgan fingerprint density at radius 2 is 1.83 bits per heavy atom. The monoisotopic (exact) mass is 356 g/mol. The molecule has 24 heavy (non-hydrogen) atoms. The number of thiophene rings is 1. The fourth-order valence-electron chi connectivity index (χ4n) is 3.14. The highest BCUT2D eigenvalue weighted by Gasteiger charge is 2.17. The molecule has 1 aliphatic rings. The summed E-state index contributed by atoms with van der Waals surface area (Å²) in [7, 11) is 0. The molecule has 3 aromatic rings. The molecule has 0 aliphatic carbocycles. The molecule has 124 valence electrons. The van der Waals surface area contributed by atoms with Crippen molar-refractivity contribution < 1.29 is 0 Å². The molecule has 4 rings (SSSR count). The molecule has 0 spiro atoms. The summed E-state index contributed by atoms with van der Waals surface area (Å²) in [6.45, 7) is 3.83. The second-order valence-electron chi connectivity index (χ2n) is 6.12. The third-order valence-corrected chi connectivity index (χ3v) is 5.68. The molecule has 0 saturated carbocycles. The highest BCUT2D eigenvalue weighted by Crippen LogP contribution is 2.25. The first-order valence-corrected chi connectivity index (χ1v) is 9.58. The Labute approximate surface area is 151 Å². The Hall–Kier alpha value is -1.76. The minimum Gasteiger partial charge on any atom is -0.295 e. The molecule has 2 aromatic heterocycles. The van der Waals surface area contributed by atoms with E-state index in [-0.39, 0.29) is 0 Å². The molecule has 4 nitrogen and oxygen atoms in total. The summed E-state index contributed by atoms with van der Waals surface area (Å²) in [4.78, 5) is 3.59. The average Bonchev–Trinajstić information content (AvgIpc) is 3.34. The van der Waals surface area contributed by atoms with Crippen molar-refractivity contribution in [2.75, 3.05) is 13.1 Å². The largest absolute Gasteiger partial charge is 0.295 e. The van der Waals surface area contributed by atoms with Crippen molar-refractivity contribution in [3.05, 3.63) is 58.2 Å². The van der Waals surface area contributed by atoms with Crippen molar-refractivity contribution >= 4 is 23.6 Å². The number of rotatable bonds is 5. The Kier molecular flexibility index (Phi) is 4.60. The van der Waals surface area contributed by atoms with Gasteiger partial charge in [0.25, 0.3) is 0 Å². The van der Waals surface area contributed by atoms with E-state index in [1.54, 1.807) is 11.3 Å². The summed E-state index contributed by atoms with van der Waals surface area (Å²) < 4.78 is 4.94. The van der Waals surface area contributed by atoms with Crippen molar-refractivity contribution in [2.24, 2.45) is 0 Å². The first-order valence-electron chi connectivity index (χ1n) is 8.29. The summed E-state index contributed by atoms with van der Waals surface area (Å²) >= 11 is 7.47. The summed E-state index contributed by atoms with van der Waals surface area (Å²) in [5, 5.41) is 6.94. The summed E-state index contributed by atoms with van der Waals surface area (Å²) in [6, 6.07) is 14.6. The predicted octanol–water partition coefficient (Wildman–Crippen LogP) is 4.24. The van der Waals surface area contributed by atoms with E-state index < -0.39 is 0 Å². The highest BCUT2D eigenvalue weighted by molar-refractivity contribution is 7.71. The third-order valence-electron chi connectivity index (χ3n) is 4.38.